The Morgan fingerprint density at radius 1 is 1.14 bits per heavy atom. The lowest BCUT2D eigenvalue weighted by Gasteiger charge is -2.21. The van der Waals surface area contributed by atoms with Crippen molar-refractivity contribution in [1.29, 1.82) is 0 Å². The fraction of sp³-hybridized carbons (Fsp3) is 0.333. The zero-order valence-corrected chi connectivity index (χ0v) is 16.2. The molecule has 1 spiro atoms. The van der Waals surface area contributed by atoms with Gasteiger partial charge in [0.05, 0.1) is 10.9 Å². The highest BCUT2D eigenvalue weighted by Crippen LogP contribution is 2.47. The molecule has 1 aliphatic carbocycles. The van der Waals surface area contributed by atoms with E-state index in [9.17, 15) is 9.59 Å². The molecule has 0 bridgehead atoms. The SMILES string of the molecule is C[C@H]1Sc2ccc(C(=O)Nc3ccc4c(c3)OC3(CCCC3)O4)cc2NC1=O. The Morgan fingerprint density at radius 3 is 2.75 bits per heavy atom. The average molecular weight is 396 g/mol. The molecule has 3 aliphatic rings. The van der Waals surface area contributed by atoms with Gasteiger partial charge < -0.3 is 20.1 Å². The van der Waals surface area contributed by atoms with E-state index in [1.807, 2.05) is 25.1 Å². The number of anilines is 2. The van der Waals surface area contributed by atoms with Gasteiger partial charge in [-0.15, -0.1) is 11.8 Å². The first kappa shape index (κ1) is 17.4. The summed E-state index contributed by atoms with van der Waals surface area (Å²) < 4.78 is 12.1. The average Bonchev–Trinajstić information content (AvgIpc) is 3.28. The Kier molecular flexibility index (Phi) is 4.01. The molecule has 2 aromatic carbocycles. The van der Waals surface area contributed by atoms with Gasteiger partial charge in [0.2, 0.25) is 5.91 Å². The van der Waals surface area contributed by atoms with Crippen LogP contribution in [0, 0.1) is 0 Å². The van der Waals surface area contributed by atoms with Gasteiger partial charge in [0.1, 0.15) is 0 Å². The summed E-state index contributed by atoms with van der Waals surface area (Å²) >= 11 is 1.49. The Hall–Kier alpha value is -2.67. The molecule has 2 aliphatic heterocycles. The number of amides is 2. The lowest BCUT2D eigenvalue weighted by molar-refractivity contribution is -0.115. The zero-order valence-electron chi connectivity index (χ0n) is 15.4. The van der Waals surface area contributed by atoms with Crippen molar-refractivity contribution in [1.82, 2.24) is 0 Å². The van der Waals surface area contributed by atoms with Crippen LogP contribution in [-0.2, 0) is 4.79 Å². The highest BCUT2D eigenvalue weighted by Gasteiger charge is 2.44. The van der Waals surface area contributed by atoms with E-state index in [1.165, 1.54) is 11.8 Å². The van der Waals surface area contributed by atoms with Crippen LogP contribution in [0.3, 0.4) is 0 Å². The van der Waals surface area contributed by atoms with Crippen molar-refractivity contribution in [2.24, 2.45) is 0 Å². The summed E-state index contributed by atoms with van der Waals surface area (Å²) in [5.41, 5.74) is 1.81. The number of benzene rings is 2. The summed E-state index contributed by atoms with van der Waals surface area (Å²) in [6, 6.07) is 10.8. The predicted molar refractivity (Wildman–Crippen MR) is 107 cm³/mol. The molecule has 1 atom stereocenters. The van der Waals surface area contributed by atoms with Crippen LogP contribution in [0.25, 0.3) is 0 Å². The van der Waals surface area contributed by atoms with Crippen molar-refractivity contribution in [3.05, 3.63) is 42.0 Å². The molecule has 0 aromatic heterocycles. The molecule has 5 rings (SSSR count). The Balaban J connectivity index is 1.33. The minimum absolute atomic E-state index is 0.0494. The second kappa shape index (κ2) is 6.44. The Morgan fingerprint density at radius 2 is 1.93 bits per heavy atom. The minimum atomic E-state index is -0.517. The summed E-state index contributed by atoms with van der Waals surface area (Å²) in [6.45, 7) is 1.86. The molecule has 2 heterocycles. The van der Waals surface area contributed by atoms with Gasteiger partial charge in [-0.1, -0.05) is 0 Å². The molecule has 1 saturated carbocycles. The molecule has 28 heavy (non-hydrogen) atoms. The molecule has 1 fully saturated rings. The van der Waals surface area contributed by atoms with Crippen molar-refractivity contribution in [3.8, 4) is 11.5 Å². The van der Waals surface area contributed by atoms with Gasteiger partial charge in [0.25, 0.3) is 11.7 Å². The fourth-order valence-corrected chi connectivity index (χ4v) is 4.77. The topological polar surface area (TPSA) is 76.7 Å². The Labute approximate surface area is 167 Å². The highest BCUT2D eigenvalue weighted by molar-refractivity contribution is 8.00. The van der Waals surface area contributed by atoms with Crippen LogP contribution >= 0.6 is 11.8 Å². The van der Waals surface area contributed by atoms with Crippen LogP contribution in [0.2, 0.25) is 0 Å². The van der Waals surface area contributed by atoms with Gasteiger partial charge in [0, 0.05) is 35.1 Å². The number of ether oxygens (including phenoxy) is 2. The predicted octanol–water partition coefficient (Wildman–Crippen LogP) is 4.41. The molecule has 2 N–H and O–H groups in total. The number of carbonyl (C=O) groups excluding carboxylic acids is 2. The standard InChI is InChI=1S/C21H20N2O4S/c1-12-19(24)23-15-10-13(4-7-18(15)28-12)20(25)22-14-5-6-16-17(11-14)27-21(26-16)8-2-3-9-21/h4-7,10-12H,2-3,8-9H2,1H3,(H,22,25)(H,23,24)/t12-/m1/s1. The first-order valence-corrected chi connectivity index (χ1v) is 10.3. The minimum Gasteiger partial charge on any atom is -0.448 e. The highest BCUT2D eigenvalue weighted by atomic mass is 32.2. The molecular formula is C21H20N2O4S. The van der Waals surface area contributed by atoms with Crippen LogP contribution in [0.5, 0.6) is 11.5 Å². The van der Waals surface area contributed by atoms with Crippen molar-refractivity contribution in [2.45, 2.75) is 48.5 Å². The number of thioether (sulfide) groups is 1. The van der Waals surface area contributed by atoms with E-state index >= 15 is 0 Å². The largest absolute Gasteiger partial charge is 0.448 e. The van der Waals surface area contributed by atoms with Gasteiger partial charge in [-0.25, -0.2) is 0 Å². The van der Waals surface area contributed by atoms with E-state index in [4.69, 9.17) is 9.47 Å². The van der Waals surface area contributed by atoms with E-state index < -0.39 is 5.79 Å². The van der Waals surface area contributed by atoms with Gasteiger partial charge in [0.15, 0.2) is 11.5 Å². The maximum absolute atomic E-state index is 12.7. The zero-order chi connectivity index (χ0) is 19.3. The van der Waals surface area contributed by atoms with Gasteiger partial charge in [-0.3, -0.25) is 9.59 Å². The van der Waals surface area contributed by atoms with Crippen LogP contribution in [0.1, 0.15) is 43.0 Å². The number of rotatable bonds is 2. The monoisotopic (exact) mass is 396 g/mol. The van der Waals surface area contributed by atoms with E-state index in [0.717, 1.165) is 36.3 Å². The molecule has 0 unspecified atom stereocenters. The second-order valence-corrected chi connectivity index (χ2v) is 8.78. The van der Waals surface area contributed by atoms with Crippen molar-refractivity contribution in [2.75, 3.05) is 10.6 Å². The molecule has 7 heteroatoms. The smallest absolute Gasteiger partial charge is 0.255 e. The first-order chi connectivity index (χ1) is 13.5. The van der Waals surface area contributed by atoms with Crippen LogP contribution < -0.4 is 20.1 Å². The number of hydrogen-bond acceptors (Lipinski definition) is 5. The van der Waals surface area contributed by atoms with E-state index in [1.54, 1.807) is 18.2 Å². The van der Waals surface area contributed by atoms with Gasteiger partial charge >= 0.3 is 0 Å². The third kappa shape index (κ3) is 2.99. The molecule has 6 nitrogen and oxygen atoms in total. The molecular weight excluding hydrogens is 376 g/mol. The van der Waals surface area contributed by atoms with Crippen molar-refractivity contribution >= 4 is 35.0 Å². The first-order valence-electron chi connectivity index (χ1n) is 9.46. The summed E-state index contributed by atoms with van der Waals surface area (Å²) in [4.78, 5) is 25.5. The van der Waals surface area contributed by atoms with Gasteiger partial charge in [-0.05, 0) is 50.1 Å². The van der Waals surface area contributed by atoms with E-state index in [0.29, 0.717) is 22.7 Å². The number of carbonyl (C=O) groups is 2. The third-order valence-electron chi connectivity index (χ3n) is 5.33. The quantitative estimate of drug-likeness (QED) is 0.786. The molecule has 2 aromatic rings. The van der Waals surface area contributed by atoms with Crippen LogP contribution in [0.15, 0.2) is 41.3 Å². The number of hydrogen-bond donors (Lipinski definition) is 2. The van der Waals surface area contributed by atoms with Crippen molar-refractivity contribution < 1.29 is 19.1 Å². The van der Waals surface area contributed by atoms with Crippen LogP contribution in [0.4, 0.5) is 11.4 Å². The molecule has 2 amide bonds. The maximum Gasteiger partial charge on any atom is 0.255 e. The maximum atomic E-state index is 12.7. The van der Waals surface area contributed by atoms with Gasteiger partial charge in [-0.2, -0.15) is 0 Å². The summed E-state index contributed by atoms with van der Waals surface area (Å²) in [6.07, 6.45) is 3.98. The Bertz CT molecular complexity index is 984. The molecule has 144 valence electrons. The molecule has 0 radical (unpaired) electrons. The van der Waals surface area contributed by atoms with E-state index in [2.05, 4.69) is 10.6 Å². The van der Waals surface area contributed by atoms with E-state index in [-0.39, 0.29) is 17.1 Å². The van der Waals surface area contributed by atoms with Crippen molar-refractivity contribution in [3.63, 3.8) is 0 Å². The lowest BCUT2D eigenvalue weighted by Crippen LogP contribution is -2.34. The fourth-order valence-electron chi connectivity index (χ4n) is 3.84. The lowest BCUT2D eigenvalue weighted by atomic mass is 10.1. The summed E-state index contributed by atoms with van der Waals surface area (Å²) in [5, 5.41) is 5.62. The van der Waals surface area contributed by atoms with Crippen LogP contribution in [-0.4, -0.2) is 22.9 Å². The number of fused-ring (bicyclic) bond motifs is 2. The summed E-state index contributed by atoms with van der Waals surface area (Å²) in [5.74, 6) is 0.586. The number of nitrogens with one attached hydrogen (secondary N) is 2. The third-order valence-corrected chi connectivity index (χ3v) is 6.51. The second-order valence-electron chi connectivity index (χ2n) is 7.40. The summed E-state index contributed by atoms with van der Waals surface area (Å²) in [7, 11) is 0. The molecule has 0 saturated heterocycles. The normalized spacial score (nSPS) is 21.3.